The summed E-state index contributed by atoms with van der Waals surface area (Å²) in [5.41, 5.74) is 0.383. The molecule has 6 nitrogen and oxygen atoms in total. The fourth-order valence-corrected chi connectivity index (χ4v) is 4.54. The summed E-state index contributed by atoms with van der Waals surface area (Å²) < 4.78 is 16.1. The summed E-state index contributed by atoms with van der Waals surface area (Å²) in [4.78, 5) is 9.68. The van der Waals surface area contributed by atoms with Crippen molar-refractivity contribution in [2.45, 2.75) is 6.04 Å². The average Bonchev–Trinajstić information content (AvgIpc) is 3.16. The van der Waals surface area contributed by atoms with E-state index in [4.69, 9.17) is 11.6 Å². The second-order valence-electron chi connectivity index (χ2n) is 6.12. The van der Waals surface area contributed by atoms with E-state index in [9.17, 15) is 9.50 Å². The molecule has 3 heterocycles. The van der Waals surface area contributed by atoms with Gasteiger partial charge in [0.2, 0.25) is 10.8 Å². The first-order chi connectivity index (χ1) is 12.1. The van der Waals surface area contributed by atoms with Crippen LogP contribution in [0.15, 0.2) is 24.5 Å². The second-order valence-corrected chi connectivity index (χ2v) is 7.54. The van der Waals surface area contributed by atoms with Crippen LogP contribution < -0.4 is 0 Å². The van der Waals surface area contributed by atoms with Crippen LogP contribution in [0.4, 0.5) is 4.39 Å². The lowest BCUT2D eigenvalue weighted by Crippen LogP contribution is -2.46. The van der Waals surface area contributed by atoms with Crippen LogP contribution >= 0.6 is 22.9 Å². The van der Waals surface area contributed by atoms with Gasteiger partial charge in [0.05, 0.1) is 10.9 Å². The van der Waals surface area contributed by atoms with E-state index < -0.39 is 6.04 Å². The molecule has 0 spiro atoms. The van der Waals surface area contributed by atoms with Gasteiger partial charge in [0.1, 0.15) is 12.1 Å². The predicted molar refractivity (Wildman–Crippen MR) is 94.9 cm³/mol. The lowest BCUT2D eigenvalue weighted by Gasteiger charge is -2.38. The number of halogens is 2. The molecule has 9 heteroatoms. The molecule has 0 amide bonds. The van der Waals surface area contributed by atoms with Gasteiger partial charge in [-0.3, -0.25) is 4.90 Å². The molecule has 132 valence electrons. The smallest absolute Gasteiger partial charge is 0.230 e. The molecule has 0 saturated carbocycles. The van der Waals surface area contributed by atoms with Gasteiger partial charge in [-0.25, -0.2) is 9.37 Å². The molecule has 0 bridgehead atoms. The zero-order valence-electron chi connectivity index (χ0n) is 13.6. The first kappa shape index (κ1) is 16.7. The van der Waals surface area contributed by atoms with Crippen LogP contribution in [0.5, 0.6) is 5.88 Å². The van der Waals surface area contributed by atoms with Crippen LogP contribution in [0.3, 0.4) is 0 Å². The van der Waals surface area contributed by atoms with Gasteiger partial charge in [0.25, 0.3) is 0 Å². The number of rotatable bonds is 3. The highest BCUT2D eigenvalue weighted by molar-refractivity contribution is 7.17. The van der Waals surface area contributed by atoms with E-state index in [-0.39, 0.29) is 11.7 Å². The highest BCUT2D eigenvalue weighted by Crippen LogP contribution is 2.42. The first-order valence-electron chi connectivity index (χ1n) is 7.94. The molecule has 4 rings (SSSR count). The number of aromatic hydroxyl groups is 1. The van der Waals surface area contributed by atoms with Crippen LogP contribution in [0.2, 0.25) is 5.02 Å². The van der Waals surface area contributed by atoms with Crippen molar-refractivity contribution in [1.29, 1.82) is 0 Å². The first-order valence-corrected chi connectivity index (χ1v) is 9.13. The third-order valence-electron chi connectivity index (χ3n) is 4.56. The van der Waals surface area contributed by atoms with Crippen LogP contribution in [-0.2, 0) is 0 Å². The van der Waals surface area contributed by atoms with E-state index in [1.165, 1.54) is 28.2 Å². The van der Waals surface area contributed by atoms with Gasteiger partial charge in [-0.05, 0) is 19.2 Å². The third kappa shape index (κ3) is 2.89. The van der Waals surface area contributed by atoms with Crippen molar-refractivity contribution in [2.24, 2.45) is 0 Å². The summed E-state index contributed by atoms with van der Waals surface area (Å²) in [6.45, 7) is 3.23. The Morgan fingerprint density at radius 2 is 2.04 bits per heavy atom. The number of hydrogen-bond acceptors (Lipinski definition) is 6. The maximum absolute atomic E-state index is 14.7. The van der Waals surface area contributed by atoms with Crippen molar-refractivity contribution < 1.29 is 9.50 Å². The Morgan fingerprint density at radius 3 is 2.72 bits per heavy atom. The summed E-state index contributed by atoms with van der Waals surface area (Å²) >= 11 is 7.66. The van der Waals surface area contributed by atoms with E-state index in [0.29, 0.717) is 20.4 Å². The summed E-state index contributed by atoms with van der Waals surface area (Å²) in [5.74, 6) is -0.393. The molecule has 1 unspecified atom stereocenters. The topological polar surface area (TPSA) is 56.9 Å². The van der Waals surface area contributed by atoms with Gasteiger partial charge in [-0.2, -0.15) is 9.61 Å². The number of hydrogen-bond donors (Lipinski definition) is 1. The lowest BCUT2D eigenvalue weighted by atomic mass is 10.0. The standard InChI is InChI=1S/C16H17ClFN5OS/c1-21-5-7-22(8-6-21)13(12-10(17)3-2-4-11(12)18)14-15(24)23-16(25-14)19-9-20-23/h2-4,9,13,24H,5-8H2,1H3. The Morgan fingerprint density at radius 1 is 1.28 bits per heavy atom. The minimum atomic E-state index is -0.476. The van der Waals surface area contributed by atoms with Crippen LogP contribution in [0.1, 0.15) is 16.5 Å². The Balaban J connectivity index is 1.86. The second kappa shape index (κ2) is 6.53. The minimum Gasteiger partial charge on any atom is -0.492 e. The molecule has 25 heavy (non-hydrogen) atoms. The molecule has 1 aliphatic rings. The quantitative estimate of drug-likeness (QED) is 0.755. The predicted octanol–water partition coefficient (Wildman–Crippen LogP) is 2.63. The molecule has 2 aromatic heterocycles. The molecular formula is C16H17ClFN5OS. The molecule has 1 fully saturated rings. The number of piperazine rings is 1. The Bertz CT molecular complexity index is 885. The maximum atomic E-state index is 14.7. The number of aromatic nitrogens is 3. The van der Waals surface area contributed by atoms with Gasteiger partial charge < -0.3 is 10.0 Å². The molecule has 1 aliphatic heterocycles. The van der Waals surface area contributed by atoms with E-state index in [1.807, 2.05) is 0 Å². The van der Waals surface area contributed by atoms with E-state index in [2.05, 4.69) is 26.9 Å². The Hall–Kier alpha value is -1.74. The van der Waals surface area contributed by atoms with Crippen molar-refractivity contribution >= 4 is 27.9 Å². The lowest BCUT2D eigenvalue weighted by molar-refractivity contribution is 0.125. The summed E-state index contributed by atoms with van der Waals surface area (Å²) in [6.07, 6.45) is 1.39. The summed E-state index contributed by atoms with van der Waals surface area (Å²) in [5, 5.41) is 15.0. The van der Waals surface area contributed by atoms with Crippen molar-refractivity contribution in [3.8, 4) is 5.88 Å². The van der Waals surface area contributed by atoms with Crippen molar-refractivity contribution in [2.75, 3.05) is 33.2 Å². The molecule has 0 aliphatic carbocycles. The molecule has 1 saturated heterocycles. The fraction of sp³-hybridized carbons (Fsp3) is 0.375. The maximum Gasteiger partial charge on any atom is 0.230 e. The molecule has 3 aromatic rings. The Labute approximate surface area is 153 Å². The van der Waals surface area contributed by atoms with E-state index >= 15 is 0 Å². The van der Waals surface area contributed by atoms with Crippen molar-refractivity contribution in [3.63, 3.8) is 0 Å². The minimum absolute atomic E-state index is 0.0132. The molecule has 1 atom stereocenters. The summed E-state index contributed by atoms with van der Waals surface area (Å²) in [6, 6.07) is 4.19. The molecule has 1 aromatic carbocycles. The Kier molecular flexibility index (Phi) is 4.36. The van der Waals surface area contributed by atoms with Gasteiger partial charge in [-0.15, -0.1) is 0 Å². The normalized spacial score (nSPS) is 18.0. The van der Waals surface area contributed by atoms with Crippen LogP contribution in [0.25, 0.3) is 4.96 Å². The van der Waals surface area contributed by atoms with Crippen LogP contribution in [-0.4, -0.2) is 62.7 Å². The molecule has 1 N–H and O–H groups in total. The van der Waals surface area contributed by atoms with E-state index in [0.717, 1.165) is 26.2 Å². The van der Waals surface area contributed by atoms with Gasteiger partial charge in [0, 0.05) is 36.8 Å². The number of benzene rings is 1. The SMILES string of the molecule is CN1CCN(C(c2sc3ncnn3c2O)c2c(F)cccc2Cl)CC1. The van der Waals surface area contributed by atoms with Crippen LogP contribution in [0, 0.1) is 5.82 Å². The number of thiazole rings is 1. The highest BCUT2D eigenvalue weighted by Gasteiger charge is 2.33. The number of likely N-dealkylation sites (N-methyl/N-ethyl adjacent to an activating group) is 1. The third-order valence-corrected chi connectivity index (χ3v) is 5.98. The monoisotopic (exact) mass is 381 g/mol. The summed E-state index contributed by atoms with van der Waals surface area (Å²) in [7, 11) is 2.06. The van der Waals surface area contributed by atoms with Gasteiger partial charge >= 0.3 is 0 Å². The number of fused-ring (bicyclic) bond motifs is 1. The fourth-order valence-electron chi connectivity index (χ4n) is 3.20. The molecular weight excluding hydrogens is 365 g/mol. The zero-order valence-corrected chi connectivity index (χ0v) is 15.1. The van der Waals surface area contributed by atoms with Gasteiger partial charge in [-0.1, -0.05) is 29.0 Å². The largest absolute Gasteiger partial charge is 0.492 e. The number of nitrogens with zero attached hydrogens (tertiary/aromatic N) is 5. The van der Waals surface area contributed by atoms with E-state index in [1.54, 1.807) is 12.1 Å². The zero-order chi connectivity index (χ0) is 17.6. The average molecular weight is 382 g/mol. The molecule has 0 radical (unpaired) electrons. The van der Waals surface area contributed by atoms with Crippen molar-refractivity contribution in [3.05, 3.63) is 45.8 Å². The van der Waals surface area contributed by atoms with Crippen molar-refractivity contribution in [1.82, 2.24) is 24.4 Å². The van der Waals surface area contributed by atoms with Gasteiger partial charge in [0.15, 0.2) is 0 Å². The highest BCUT2D eigenvalue weighted by atomic mass is 35.5.